The van der Waals surface area contributed by atoms with Crippen molar-refractivity contribution < 1.29 is 9.90 Å². The molecule has 0 aromatic heterocycles. The molecule has 0 radical (unpaired) electrons. The maximum absolute atomic E-state index is 12.0. The average Bonchev–Trinajstić information content (AvgIpc) is 2.37. The van der Waals surface area contributed by atoms with Crippen LogP contribution in [0, 0.1) is 0 Å². The lowest BCUT2D eigenvalue weighted by Crippen LogP contribution is -2.13. The van der Waals surface area contributed by atoms with Crippen molar-refractivity contribution in [1.82, 2.24) is 0 Å². The molecule has 0 bridgehead atoms. The number of Topliss-reactive ketones (excluding diaryl/α,β-unsaturated/α-hetero) is 1. The van der Waals surface area contributed by atoms with Crippen LogP contribution in [0.3, 0.4) is 0 Å². The molecule has 3 heteroatoms. The quantitative estimate of drug-likeness (QED) is 0.787. The summed E-state index contributed by atoms with van der Waals surface area (Å²) >= 11 is 0. The Kier molecular flexibility index (Phi) is 3.48. The van der Waals surface area contributed by atoms with Gasteiger partial charge in [0.25, 0.3) is 0 Å². The summed E-state index contributed by atoms with van der Waals surface area (Å²) in [7, 11) is 0. The van der Waals surface area contributed by atoms with Gasteiger partial charge in [-0.3, -0.25) is 4.79 Å². The molecule has 1 aromatic carbocycles. The Morgan fingerprint density at radius 3 is 2.76 bits per heavy atom. The molecule has 0 amide bonds. The molecule has 0 spiro atoms. The monoisotopic (exact) mass is 233 g/mol. The predicted molar refractivity (Wildman–Crippen MR) is 67.3 cm³/mol. The summed E-state index contributed by atoms with van der Waals surface area (Å²) in [5.74, 6) is 0.135. The lowest BCUT2D eigenvalue weighted by molar-refractivity contribution is 0.0984. The minimum atomic E-state index is 0.0240. The van der Waals surface area contributed by atoms with E-state index < -0.39 is 0 Å². The molecule has 2 rings (SSSR count). The molecule has 0 aliphatic heterocycles. The Labute approximate surface area is 102 Å². The Morgan fingerprint density at radius 1 is 1.41 bits per heavy atom. The molecule has 1 aromatic rings. The number of aryl methyl sites for hydroxylation is 1. The van der Waals surface area contributed by atoms with E-state index in [1.165, 1.54) is 5.56 Å². The number of rotatable bonds is 3. The van der Waals surface area contributed by atoms with Gasteiger partial charge in [-0.2, -0.15) is 0 Å². The van der Waals surface area contributed by atoms with Crippen molar-refractivity contribution >= 4 is 5.78 Å². The van der Waals surface area contributed by atoms with Crippen molar-refractivity contribution in [3.8, 4) is 5.75 Å². The van der Waals surface area contributed by atoms with Gasteiger partial charge in [0.1, 0.15) is 5.75 Å². The number of carbonyl (C=O) groups is 1. The van der Waals surface area contributed by atoms with Crippen molar-refractivity contribution in [3.63, 3.8) is 0 Å². The normalized spacial score (nSPS) is 14.5. The van der Waals surface area contributed by atoms with Crippen LogP contribution in [-0.4, -0.2) is 10.9 Å². The highest BCUT2D eigenvalue weighted by Gasteiger charge is 2.22. The van der Waals surface area contributed by atoms with Crippen LogP contribution in [0.15, 0.2) is 6.07 Å². The van der Waals surface area contributed by atoms with E-state index in [9.17, 15) is 9.90 Å². The molecule has 0 unspecified atom stereocenters. The molecule has 1 aliphatic rings. The van der Waals surface area contributed by atoms with Crippen LogP contribution in [0.25, 0.3) is 0 Å². The van der Waals surface area contributed by atoms with Crippen molar-refractivity contribution in [1.29, 1.82) is 0 Å². The molecule has 1 aliphatic carbocycles. The number of fused-ring (bicyclic) bond motifs is 1. The van der Waals surface area contributed by atoms with Crippen LogP contribution in [0.4, 0.5) is 0 Å². The second kappa shape index (κ2) is 4.88. The Balaban J connectivity index is 2.63. The molecular formula is C14H19NO2. The first-order valence-electron chi connectivity index (χ1n) is 6.28. The van der Waals surface area contributed by atoms with Crippen molar-refractivity contribution in [2.75, 3.05) is 0 Å². The molecule has 0 atom stereocenters. The van der Waals surface area contributed by atoms with Gasteiger partial charge in [0.2, 0.25) is 0 Å². The molecule has 0 heterocycles. The van der Waals surface area contributed by atoms with E-state index in [0.29, 0.717) is 17.5 Å². The molecule has 0 fully saturated rings. The van der Waals surface area contributed by atoms with Gasteiger partial charge in [0.15, 0.2) is 5.78 Å². The standard InChI is InChI=1S/C14H19NO2/c1-2-12(16)13-11-6-4-3-5-9(11)7-10(8-15)14(13)17/h7,17H,2-6,8,15H2,1H3. The first-order valence-corrected chi connectivity index (χ1v) is 6.28. The fraction of sp³-hybridized carbons (Fsp3) is 0.500. The van der Waals surface area contributed by atoms with Crippen LogP contribution in [0.2, 0.25) is 0 Å². The number of nitrogens with two attached hydrogens (primary N) is 1. The summed E-state index contributed by atoms with van der Waals surface area (Å²) in [4.78, 5) is 12.0. The fourth-order valence-corrected chi connectivity index (χ4v) is 2.59. The molecule has 0 saturated heterocycles. The number of phenols is 1. The van der Waals surface area contributed by atoms with Crippen LogP contribution in [-0.2, 0) is 19.4 Å². The summed E-state index contributed by atoms with van der Waals surface area (Å²) in [5.41, 5.74) is 9.11. The molecular weight excluding hydrogens is 214 g/mol. The van der Waals surface area contributed by atoms with Crippen LogP contribution < -0.4 is 5.73 Å². The summed E-state index contributed by atoms with van der Waals surface area (Å²) in [6.45, 7) is 2.11. The number of phenolic OH excluding ortho intramolecular Hbond substituents is 1. The number of hydrogen-bond acceptors (Lipinski definition) is 3. The summed E-state index contributed by atoms with van der Waals surface area (Å²) in [6, 6.07) is 1.97. The predicted octanol–water partition coefficient (Wildman–Crippen LogP) is 2.32. The van der Waals surface area contributed by atoms with Gasteiger partial charge in [0, 0.05) is 18.5 Å². The summed E-state index contributed by atoms with van der Waals surface area (Å²) < 4.78 is 0. The van der Waals surface area contributed by atoms with Gasteiger partial charge in [-0.05, 0) is 36.8 Å². The van der Waals surface area contributed by atoms with E-state index in [0.717, 1.165) is 31.2 Å². The molecule has 92 valence electrons. The second-order valence-electron chi connectivity index (χ2n) is 4.58. The zero-order chi connectivity index (χ0) is 12.4. The summed E-state index contributed by atoms with van der Waals surface area (Å²) in [6.07, 6.45) is 4.56. The molecule has 0 saturated carbocycles. The van der Waals surface area contributed by atoms with Gasteiger partial charge in [-0.25, -0.2) is 0 Å². The van der Waals surface area contributed by atoms with Crippen LogP contribution >= 0.6 is 0 Å². The van der Waals surface area contributed by atoms with Crippen LogP contribution in [0.5, 0.6) is 5.75 Å². The molecule has 3 nitrogen and oxygen atoms in total. The first-order chi connectivity index (χ1) is 8.19. The van der Waals surface area contributed by atoms with Gasteiger partial charge in [-0.15, -0.1) is 0 Å². The summed E-state index contributed by atoms with van der Waals surface area (Å²) in [5, 5.41) is 10.1. The zero-order valence-corrected chi connectivity index (χ0v) is 10.3. The van der Waals surface area contributed by atoms with E-state index in [4.69, 9.17) is 5.73 Å². The maximum atomic E-state index is 12.0. The Bertz CT molecular complexity index is 452. The highest BCUT2D eigenvalue weighted by atomic mass is 16.3. The van der Waals surface area contributed by atoms with Gasteiger partial charge in [0.05, 0.1) is 5.56 Å². The minimum absolute atomic E-state index is 0.0240. The molecule has 3 N–H and O–H groups in total. The van der Waals surface area contributed by atoms with E-state index in [2.05, 4.69) is 0 Å². The van der Waals surface area contributed by atoms with Gasteiger partial charge < -0.3 is 10.8 Å². The Hall–Kier alpha value is -1.35. The second-order valence-corrected chi connectivity index (χ2v) is 4.58. The first kappa shape index (κ1) is 12.1. The van der Waals surface area contributed by atoms with Gasteiger partial charge >= 0.3 is 0 Å². The Morgan fingerprint density at radius 2 is 2.12 bits per heavy atom. The third-order valence-corrected chi connectivity index (χ3v) is 3.52. The van der Waals surface area contributed by atoms with E-state index in [1.54, 1.807) is 0 Å². The van der Waals surface area contributed by atoms with E-state index >= 15 is 0 Å². The third-order valence-electron chi connectivity index (χ3n) is 3.52. The smallest absolute Gasteiger partial charge is 0.166 e. The maximum Gasteiger partial charge on any atom is 0.166 e. The lowest BCUT2D eigenvalue weighted by Gasteiger charge is -2.21. The number of aromatic hydroxyl groups is 1. The number of benzene rings is 1. The van der Waals surface area contributed by atoms with Gasteiger partial charge in [-0.1, -0.05) is 13.0 Å². The highest BCUT2D eigenvalue weighted by Crippen LogP contribution is 2.34. The largest absolute Gasteiger partial charge is 0.507 e. The zero-order valence-electron chi connectivity index (χ0n) is 10.3. The topological polar surface area (TPSA) is 63.3 Å². The van der Waals surface area contributed by atoms with Crippen molar-refractivity contribution in [2.45, 2.75) is 45.6 Å². The lowest BCUT2D eigenvalue weighted by atomic mass is 9.84. The highest BCUT2D eigenvalue weighted by molar-refractivity contribution is 6.00. The van der Waals surface area contributed by atoms with Crippen molar-refractivity contribution in [2.24, 2.45) is 5.73 Å². The van der Waals surface area contributed by atoms with E-state index in [1.807, 2.05) is 13.0 Å². The number of hydrogen-bond donors (Lipinski definition) is 2. The van der Waals surface area contributed by atoms with E-state index in [-0.39, 0.29) is 18.1 Å². The minimum Gasteiger partial charge on any atom is -0.507 e. The third kappa shape index (κ3) is 2.07. The SMILES string of the molecule is CCC(=O)c1c(O)c(CN)cc2c1CCCC2. The molecule has 17 heavy (non-hydrogen) atoms. The number of carbonyl (C=O) groups excluding carboxylic acids is 1. The van der Waals surface area contributed by atoms with Crippen LogP contribution in [0.1, 0.15) is 53.2 Å². The number of ketones is 1. The average molecular weight is 233 g/mol. The fourth-order valence-electron chi connectivity index (χ4n) is 2.59. The van der Waals surface area contributed by atoms with Crippen molar-refractivity contribution in [3.05, 3.63) is 28.3 Å².